The Balaban J connectivity index is 1.36. The zero-order valence-corrected chi connectivity index (χ0v) is 19.9. The van der Waals surface area contributed by atoms with Crippen LogP contribution in [-0.4, -0.2) is 24.7 Å². The second kappa shape index (κ2) is 10.5. The monoisotopic (exact) mass is 458 g/mol. The van der Waals surface area contributed by atoms with Crippen molar-refractivity contribution in [3.8, 4) is 17.6 Å². The smallest absolute Gasteiger partial charge is 0.227 e. The van der Waals surface area contributed by atoms with Crippen LogP contribution in [0, 0.1) is 11.3 Å². The molecule has 5 heteroatoms. The first-order valence-electron chi connectivity index (χ1n) is 13.0. The molecule has 2 aliphatic carbocycles. The summed E-state index contributed by atoms with van der Waals surface area (Å²) >= 11 is 0. The first-order valence-corrected chi connectivity index (χ1v) is 13.0. The van der Waals surface area contributed by atoms with Gasteiger partial charge in [0.1, 0.15) is 0 Å². The van der Waals surface area contributed by atoms with Crippen molar-refractivity contribution < 1.29 is 14.3 Å². The van der Waals surface area contributed by atoms with Gasteiger partial charge in [0.2, 0.25) is 5.91 Å². The van der Waals surface area contributed by atoms with E-state index in [0.717, 1.165) is 48.4 Å². The van der Waals surface area contributed by atoms with Crippen LogP contribution in [0.1, 0.15) is 87.7 Å². The van der Waals surface area contributed by atoms with E-state index in [4.69, 9.17) is 9.47 Å². The highest BCUT2D eigenvalue weighted by Gasteiger charge is 2.32. The van der Waals surface area contributed by atoms with E-state index in [0.29, 0.717) is 18.5 Å². The molecule has 0 aromatic heterocycles. The number of carbonyl (C=O) groups is 1. The van der Waals surface area contributed by atoms with Crippen LogP contribution in [-0.2, 0) is 4.79 Å². The Bertz CT molecular complexity index is 1050. The molecule has 1 amide bonds. The topological polar surface area (TPSA) is 62.6 Å². The lowest BCUT2D eigenvalue weighted by atomic mass is 9.97. The van der Waals surface area contributed by atoms with Gasteiger partial charge in [0.15, 0.2) is 11.5 Å². The molecule has 5 rings (SSSR count). The minimum Gasteiger partial charge on any atom is -0.487 e. The summed E-state index contributed by atoms with van der Waals surface area (Å²) in [7, 11) is 0. The SMILES string of the molecule is N#Cc1cccc(N2C[C@@H](c3ccc(OC4CCCCCC4)c(OC4CCCC4)c3)CC2=O)c1. The van der Waals surface area contributed by atoms with Crippen molar-refractivity contribution in [2.45, 2.75) is 88.8 Å². The molecule has 178 valence electrons. The second-order valence-corrected chi connectivity index (χ2v) is 10.0. The number of hydrogen-bond acceptors (Lipinski definition) is 4. The highest BCUT2D eigenvalue weighted by molar-refractivity contribution is 5.96. The largest absolute Gasteiger partial charge is 0.487 e. The van der Waals surface area contributed by atoms with Crippen molar-refractivity contribution >= 4 is 11.6 Å². The minimum absolute atomic E-state index is 0.0936. The van der Waals surface area contributed by atoms with E-state index in [9.17, 15) is 10.1 Å². The van der Waals surface area contributed by atoms with Gasteiger partial charge < -0.3 is 14.4 Å². The summed E-state index contributed by atoms with van der Waals surface area (Å²) in [5, 5.41) is 9.23. The molecule has 0 spiro atoms. The zero-order valence-electron chi connectivity index (χ0n) is 19.9. The molecular weight excluding hydrogens is 424 g/mol. The average Bonchev–Trinajstić information content (AvgIpc) is 3.43. The molecule has 1 saturated heterocycles. The summed E-state index contributed by atoms with van der Waals surface area (Å²) in [6.07, 6.45) is 12.9. The predicted octanol–water partition coefficient (Wildman–Crippen LogP) is 6.50. The van der Waals surface area contributed by atoms with Crippen LogP contribution in [0.5, 0.6) is 11.5 Å². The number of benzene rings is 2. The van der Waals surface area contributed by atoms with Crippen LogP contribution in [0.15, 0.2) is 42.5 Å². The molecule has 1 aliphatic heterocycles. The fraction of sp³-hybridized carbons (Fsp3) is 0.517. The number of anilines is 1. The van der Waals surface area contributed by atoms with Crippen LogP contribution in [0.4, 0.5) is 5.69 Å². The standard InChI is InChI=1S/C29H34N2O3/c30-19-21-8-7-9-24(16-21)31-20-23(18-29(31)32)22-14-15-27(33-25-10-3-1-2-4-11-25)28(17-22)34-26-12-5-6-13-26/h7-9,14-17,23,25-26H,1-6,10-13,18,20H2/t23-/m0/s1. The molecule has 3 aliphatic rings. The number of nitrogens with zero attached hydrogens (tertiary/aromatic N) is 2. The van der Waals surface area contributed by atoms with Gasteiger partial charge in [-0.2, -0.15) is 5.26 Å². The Hall–Kier alpha value is -3.00. The Morgan fingerprint density at radius 1 is 0.824 bits per heavy atom. The van der Waals surface area contributed by atoms with Gasteiger partial charge in [-0.25, -0.2) is 0 Å². The fourth-order valence-corrected chi connectivity index (χ4v) is 5.62. The van der Waals surface area contributed by atoms with E-state index in [-0.39, 0.29) is 24.0 Å². The van der Waals surface area contributed by atoms with E-state index in [1.165, 1.54) is 38.5 Å². The molecule has 2 saturated carbocycles. The predicted molar refractivity (Wildman–Crippen MR) is 132 cm³/mol. The number of nitriles is 1. The number of hydrogen-bond donors (Lipinski definition) is 0. The lowest BCUT2D eigenvalue weighted by molar-refractivity contribution is -0.117. The molecular formula is C29H34N2O3. The first-order chi connectivity index (χ1) is 16.7. The van der Waals surface area contributed by atoms with E-state index >= 15 is 0 Å². The van der Waals surface area contributed by atoms with Gasteiger partial charge in [0.25, 0.3) is 0 Å². The van der Waals surface area contributed by atoms with Crippen molar-refractivity contribution in [1.82, 2.24) is 0 Å². The lowest BCUT2D eigenvalue weighted by Crippen LogP contribution is -2.24. The normalized spacial score (nSPS) is 21.9. The number of amides is 1. The van der Waals surface area contributed by atoms with Crippen molar-refractivity contribution in [3.63, 3.8) is 0 Å². The van der Waals surface area contributed by atoms with Crippen molar-refractivity contribution in [2.75, 3.05) is 11.4 Å². The summed E-state index contributed by atoms with van der Waals surface area (Å²) in [5.74, 6) is 1.88. The third-order valence-corrected chi connectivity index (χ3v) is 7.54. The van der Waals surface area contributed by atoms with Gasteiger partial charge in [-0.1, -0.05) is 25.0 Å². The number of ether oxygens (including phenoxy) is 2. The van der Waals surface area contributed by atoms with Crippen molar-refractivity contribution in [2.24, 2.45) is 0 Å². The minimum atomic E-state index is 0.0936. The molecule has 0 radical (unpaired) electrons. The average molecular weight is 459 g/mol. The van der Waals surface area contributed by atoms with E-state index in [1.807, 2.05) is 12.1 Å². The zero-order chi connectivity index (χ0) is 23.3. The van der Waals surface area contributed by atoms with Gasteiger partial charge in [0, 0.05) is 24.6 Å². The van der Waals surface area contributed by atoms with Crippen LogP contribution >= 0.6 is 0 Å². The molecule has 0 bridgehead atoms. The Morgan fingerprint density at radius 2 is 1.50 bits per heavy atom. The molecule has 34 heavy (non-hydrogen) atoms. The van der Waals surface area contributed by atoms with Gasteiger partial charge in [-0.15, -0.1) is 0 Å². The first kappa shape index (κ1) is 22.8. The van der Waals surface area contributed by atoms with E-state index < -0.39 is 0 Å². The van der Waals surface area contributed by atoms with Crippen LogP contribution in [0.2, 0.25) is 0 Å². The number of carbonyl (C=O) groups excluding carboxylic acids is 1. The fourth-order valence-electron chi connectivity index (χ4n) is 5.62. The Labute approximate surface area is 202 Å². The summed E-state index contributed by atoms with van der Waals surface area (Å²) in [4.78, 5) is 14.7. The maximum absolute atomic E-state index is 12.9. The molecule has 2 aromatic rings. The number of rotatable bonds is 6. The highest BCUT2D eigenvalue weighted by Crippen LogP contribution is 2.39. The lowest BCUT2D eigenvalue weighted by Gasteiger charge is -2.23. The maximum atomic E-state index is 12.9. The quantitative estimate of drug-likeness (QED) is 0.464. The molecule has 1 heterocycles. The summed E-state index contributed by atoms with van der Waals surface area (Å²) in [5.41, 5.74) is 2.48. The molecule has 1 atom stereocenters. The second-order valence-electron chi connectivity index (χ2n) is 10.0. The van der Waals surface area contributed by atoms with Crippen molar-refractivity contribution in [1.29, 1.82) is 5.26 Å². The van der Waals surface area contributed by atoms with Gasteiger partial charge in [-0.05, 0) is 87.3 Å². The molecule has 0 unspecified atom stereocenters. The third-order valence-electron chi connectivity index (χ3n) is 7.54. The summed E-state index contributed by atoms with van der Waals surface area (Å²) in [6, 6.07) is 15.8. The summed E-state index contributed by atoms with van der Waals surface area (Å²) < 4.78 is 13.0. The maximum Gasteiger partial charge on any atom is 0.227 e. The van der Waals surface area contributed by atoms with E-state index in [1.54, 1.807) is 17.0 Å². The van der Waals surface area contributed by atoms with Gasteiger partial charge >= 0.3 is 0 Å². The highest BCUT2D eigenvalue weighted by atomic mass is 16.5. The Kier molecular flexibility index (Phi) is 7.04. The summed E-state index contributed by atoms with van der Waals surface area (Å²) in [6.45, 7) is 0.611. The Morgan fingerprint density at radius 3 is 2.21 bits per heavy atom. The molecule has 5 nitrogen and oxygen atoms in total. The third kappa shape index (κ3) is 5.22. The van der Waals surface area contributed by atoms with Crippen LogP contribution in [0.3, 0.4) is 0 Å². The van der Waals surface area contributed by atoms with Crippen LogP contribution in [0.25, 0.3) is 0 Å². The van der Waals surface area contributed by atoms with E-state index in [2.05, 4.69) is 24.3 Å². The molecule has 3 fully saturated rings. The molecule has 2 aromatic carbocycles. The van der Waals surface area contributed by atoms with Gasteiger partial charge in [-0.3, -0.25) is 4.79 Å². The van der Waals surface area contributed by atoms with Gasteiger partial charge in [0.05, 0.1) is 23.8 Å². The van der Waals surface area contributed by atoms with Crippen LogP contribution < -0.4 is 14.4 Å². The van der Waals surface area contributed by atoms with Crippen molar-refractivity contribution in [3.05, 3.63) is 53.6 Å². The molecule has 0 N–H and O–H groups in total.